The maximum absolute atomic E-state index is 2.69. The molecule has 0 radical (unpaired) electrons. The van der Waals surface area contributed by atoms with E-state index in [-0.39, 0.29) is 20.1 Å². The molecule has 0 aliphatic carbocycles. The molecule has 0 saturated heterocycles. The molecule has 0 amide bonds. The molecule has 0 N–H and O–H groups in total. The molecule has 14 rings (SSSR count). The largest absolute Gasteiger partial charge is 0.243 e. The van der Waals surface area contributed by atoms with Gasteiger partial charge in [-0.2, -0.15) is 0 Å². The second-order valence-corrected chi connectivity index (χ2v) is 21.6. The third kappa shape index (κ3) is 5.58. The molecule has 0 saturated carbocycles. The third-order valence-corrected chi connectivity index (χ3v) is 17.1. The van der Waals surface area contributed by atoms with Gasteiger partial charge < -0.3 is 0 Å². The van der Waals surface area contributed by atoms with E-state index >= 15 is 0 Å². The van der Waals surface area contributed by atoms with E-state index in [0.717, 1.165) is 0 Å². The summed E-state index contributed by atoms with van der Waals surface area (Å²) in [5.41, 5.74) is 33.1. The van der Waals surface area contributed by atoms with Gasteiger partial charge in [0.25, 0.3) is 0 Å². The molecule has 0 fully saturated rings. The van der Waals surface area contributed by atoms with E-state index in [1.165, 1.54) is 176 Å². The molecule has 0 atom stereocenters. The summed E-state index contributed by atoms with van der Waals surface area (Å²) in [6.07, 6.45) is 0. The SMILES string of the molecule is Cc1cc(C)c(B2c3cc4c5c(cccc5c3-c3cccc5cccc2c35)B(c2c(C)cc(C)cc2C)c2cc3c5c(cccc5c2-4)B(c2c(C)cc(C)cc2C)c2ccc4ccccc4c2-3)c(C)c1. The van der Waals surface area contributed by atoms with Crippen molar-refractivity contribution in [3.8, 4) is 33.4 Å². The van der Waals surface area contributed by atoms with Crippen molar-refractivity contribution in [3.05, 3.63) is 208 Å². The van der Waals surface area contributed by atoms with Gasteiger partial charge in [0.05, 0.1) is 0 Å². The Kier molecular flexibility index (Phi) is 8.82. The molecule has 330 valence electrons. The Balaban J connectivity index is 1.19. The van der Waals surface area contributed by atoms with Crippen molar-refractivity contribution in [3.63, 3.8) is 0 Å². The van der Waals surface area contributed by atoms with Crippen LogP contribution in [0, 0.1) is 62.3 Å². The number of hydrogen-bond donors (Lipinski definition) is 0. The third-order valence-electron chi connectivity index (χ3n) is 17.1. The van der Waals surface area contributed by atoms with Crippen LogP contribution in [0.4, 0.5) is 0 Å². The fourth-order valence-electron chi connectivity index (χ4n) is 15.0. The smallest absolute Gasteiger partial charge is 0.0663 e. The van der Waals surface area contributed by atoms with Crippen molar-refractivity contribution >= 4 is 112 Å². The van der Waals surface area contributed by atoms with Crippen LogP contribution >= 0.6 is 0 Å². The lowest BCUT2D eigenvalue weighted by molar-refractivity contribution is 1.35. The van der Waals surface area contributed by atoms with E-state index in [9.17, 15) is 0 Å². The molecule has 0 aromatic heterocycles. The van der Waals surface area contributed by atoms with E-state index in [1.54, 1.807) is 0 Å². The molecule has 11 aromatic rings. The summed E-state index contributed by atoms with van der Waals surface area (Å²) in [6.45, 7) is 21.0. The highest BCUT2D eigenvalue weighted by Crippen LogP contribution is 2.45. The van der Waals surface area contributed by atoms with Crippen LogP contribution in [-0.4, -0.2) is 20.1 Å². The van der Waals surface area contributed by atoms with Crippen LogP contribution in [0.15, 0.2) is 158 Å². The Morgan fingerprint density at radius 2 is 0.629 bits per heavy atom. The van der Waals surface area contributed by atoms with E-state index in [1.807, 2.05) is 0 Å². The molecule has 3 heteroatoms. The number of rotatable bonds is 3. The van der Waals surface area contributed by atoms with E-state index in [2.05, 4.69) is 220 Å². The molecular formula is C67H53B3. The Morgan fingerprint density at radius 1 is 0.257 bits per heavy atom. The second kappa shape index (κ2) is 14.8. The van der Waals surface area contributed by atoms with Gasteiger partial charge in [0.15, 0.2) is 0 Å². The first-order chi connectivity index (χ1) is 34.0. The minimum atomic E-state index is 0.0240. The van der Waals surface area contributed by atoms with Crippen molar-refractivity contribution in [2.24, 2.45) is 0 Å². The van der Waals surface area contributed by atoms with Gasteiger partial charge in [0, 0.05) is 0 Å². The summed E-state index contributed by atoms with van der Waals surface area (Å²) in [5.74, 6) is 0. The lowest BCUT2D eigenvalue weighted by Crippen LogP contribution is -2.59. The average molecular weight is 891 g/mol. The molecule has 0 bridgehead atoms. The number of benzene rings is 11. The number of hydrogen-bond acceptors (Lipinski definition) is 0. The topological polar surface area (TPSA) is 0 Å². The fraction of sp³-hybridized carbons (Fsp3) is 0.134. The lowest BCUT2D eigenvalue weighted by atomic mass is 9.30. The van der Waals surface area contributed by atoms with Crippen LogP contribution < -0.4 is 49.2 Å². The van der Waals surface area contributed by atoms with Crippen LogP contribution in [0.3, 0.4) is 0 Å². The Morgan fingerprint density at radius 3 is 1.13 bits per heavy atom. The molecule has 3 aliphatic rings. The van der Waals surface area contributed by atoms with Crippen LogP contribution in [0.2, 0.25) is 0 Å². The summed E-state index contributed by atoms with van der Waals surface area (Å²) in [6, 6.07) is 62.4. The highest BCUT2D eigenvalue weighted by Gasteiger charge is 2.42. The first-order valence-electron chi connectivity index (χ1n) is 25.4. The van der Waals surface area contributed by atoms with Gasteiger partial charge in [-0.05, 0) is 139 Å². The number of aryl methyl sites for hydroxylation is 9. The molecule has 0 unspecified atom stereocenters. The second-order valence-electron chi connectivity index (χ2n) is 21.6. The quantitative estimate of drug-likeness (QED) is 0.155. The molecule has 11 aromatic carbocycles. The van der Waals surface area contributed by atoms with Gasteiger partial charge in [-0.15, -0.1) is 0 Å². The molecule has 0 spiro atoms. The predicted molar refractivity (Wildman–Crippen MR) is 309 cm³/mol. The minimum absolute atomic E-state index is 0.0240. The fourth-order valence-corrected chi connectivity index (χ4v) is 15.0. The molecule has 3 aliphatic heterocycles. The molecular weight excluding hydrogens is 837 g/mol. The van der Waals surface area contributed by atoms with Crippen LogP contribution in [0.1, 0.15) is 50.1 Å². The summed E-state index contributed by atoms with van der Waals surface area (Å²) < 4.78 is 0. The standard InChI is InChI=1S/C67H53B3/c1-36-28-39(4)65(40(5)29-36)68-54-24-15-22-50-63(54)51(60-47-19-11-10-16-45(47)26-27-56(60)68)34-58-64(50)52-35-57-61(49-21-14-25-55(62(49)52)70(58)67-43(8)32-38(3)33-44(67)9)48-20-12-17-46-18-13-23-53(59(46)48)69(57)66-41(6)30-37(2)31-42(66)7/h10-35H,1-9H3. The first kappa shape index (κ1) is 41.6. The highest BCUT2D eigenvalue weighted by molar-refractivity contribution is 7.02. The van der Waals surface area contributed by atoms with Gasteiger partial charge >= 0.3 is 0 Å². The lowest BCUT2D eigenvalue weighted by Gasteiger charge is -2.37. The minimum Gasteiger partial charge on any atom is -0.0663 e. The van der Waals surface area contributed by atoms with E-state index in [0.29, 0.717) is 0 Å². The normalized spacial score (nSPS) is 13.1. The van der Waals surface area contributed by atoms with Crippen molar-refractivity contribution in [1.29, 1.82) is 0 Å². The Hall–Kier alpha value is -7.35. The van der Waals surface area contributed by atoms with Gasteiger partial charge in [0.2, 0.25) is 20.1 Å². The zero-order chi connectivity index (χ0) is 47.6. The van der Waals surface area contributed by atoms with Crippen LogP contribution in [0.5, 0.6) is 0 Å². The van der Waals surface area contributed by atoms with Gasteiger partial charge in [-0.3, -0.25) is 0 Å². The highest BCUT2D eigenvalue weighted by atomic mass is 14.3. The van der Waals surface area contributed by atoms with Gasteiger partial charge in [0.1, 0.15) is 0 Å². The van der Waals surface area contributed by atoms with Gasteiger partial charge in [-0.1, -0.05) is 257 Å². The number of fused-ring (bicyclic) bond motifs is 10. The Bertz CT molecular complexity index is 4110. The summed E-state index contributed by atoms with van der Waals surface area (Å²) in [5, 5.41) is 10.8. The van der Waals surface area contributed by atoms with E-state index < -0.39 is 0 Å². The maximum atomic E-state index is 2.69. The Labute approximate surface area is 413 Å². The van der Waals surface area contributed by atoms with Crippen LogP contribution in [-0.2, 0) is 0 Å². The van der Waals surface area contributed by atoms with Crippen molar-refractivity contribution in [1.82, 2.24) is 0 Å². The monoisotopic (exact) mass is 890 g/mol. The zero-order valence-corrected chi connectivity index (χ0v) is 41.7. The predicted octanol–water partition coefficient (Wildman–Crippen LogP) is 10.6. The van der Waals surface area contributed by atoms with Crippen LogP contribution in [0.25, 0.3) is 76.5 Å². The zero-order valence-electron chi connectivity index (χ0n) is 41.7. The summed E-state index contributed by atoms with van der Waals surface area (Å²) in [7, 11) is 0. The van der Waals surface area contributed by atoms with Crippen molar-refractivity contribution in [2.45, 2.75) is 62.3 Å². The van der Waals surface area contributed by atoms with Gasteiger partial charge in [-0.25, -0.2) is 0 Å². The summed E-state index contributed by atoms with van der Waals surface area (Å²) >= 11 is 0. The molecule has 0 nitrogen and oxygen atoms in total. The maximum Gasteiger partial charge on any atom is 0.243 e. The first-order valence-corrected chi connectivity index (χ1v) is 25.4. The molecule has 3 heterocycles. The van der Waals surface area contributed by atoms with Crippen molar-refractivity contribution < 1.29 is 0 Å². The average Bonchev–Trinajstić information content (AvgIpc) is 3.33. The van der Waals surface area contributed by atoms with Crippen molar-refractivity contribution in [2.75, 3.05) is 0 Å². The summed E-state index contributed by atoms with van der Waals surface area (Å²) in [4.78, 5) is 0. The molecule has 70 heavy (non-hydrogen) atoms. The van der Waals surface area contributed by atoms with E-state index in [4.69, 9.17) is 0 Å².